The number of carbonyl (C=O) groups excluding carboxylic acids is 1. The van der Waals surface area contributed by atoms with Crippen LogP contribution in [0.3, 0.4) is 0 Å². The van der Waals surface area contributed by atoms with E-state index in [4.69, 9.17) is 12.2 Å². The summed E-state index contributed by atoms with van der Waals surface area (Å²) in [6.45, 7) is 4.29. The predicted molar refractivity (Wildman–Crippen MR) is 116 cm³/mol. The molecule has 1 aromatic rings. The van der Waals surface area contributed by atoms with E-state index in [1.165, 1.54) is 38.5 Å². The fourth-order valence-electron chi connectivity index (χ4n) is 6.37. The van der Waals surface area contributed by atoms with Crippen molar-refractivity contribution in [3.63, 3.8) is 0 Å². The maximum Gasteiger partial charge on any atom is 0.226 e. The van der Waals surface area contributed by atoms with Crippen molar-refractivity contribution in [3.05, 3.63) is 23.8 Å². The standard InChI is InChI=1S/C23H32N2O2S/c1-3-14(2)18-4-5-20(26)19(9-18)24-22(28)25-21(27)13-23-10-15-6-16(11-23)8-17(7-15)12-23/h4-5,9,14-17,26H,3,6-8,10-13H2,1-2H3,(H2,24,25,27,28). The molecule has 0 saturated heterocycles. The lowest BCUT2D eigenvalue weighted by Crippen LogP contribution is -2.48. The Morgan fingerprint density at radius 3 is 2.39 bits per heavy atom. The molecule has 4 saturated carbocycles. The van der Waals surface area contributed by atoms with Crippen LogP contribution in [0.5, 0.6) is 5.75 Å². The van der Waals surface area contributed by atoms with Gasteiger partial charge in [0, 0.05) is 6.42 Å². The van der Waals surface area contributed by atoms with Crippen LogP contribution < -0.4 is 10.6 Å². The maximum atomic E-state index is 12.7. The molecule has 1 aromatic carbocycles. The number of phenols is 1. The van der Waals surface area contributed by atoms with Crippen molar-refractivity contribution in [1.29, 1.82) is 0 Å². The lowest BCUT2D eigenvalue weighted by molar-refractivity contribution is -0.127. The monoisotopic (exact) mass is 400 g/mol. The first-order valence-corrected chi connectivity index (χ1v) is 11.2. The molecule has 1 atom stereocenters. The predicted octanol–water partition coefficient (Wildman–Crippen LogP) is 5.33. The fraction of sp³-hybridized carbons (Fsp3) is 0.652. The molecule has 5 rings (SSSR count). The van der Waals surface area contributed by atoms with Crippen molar-refractivity contribution < 1.29 is 9.90 Å². The third-order valence-electron chi connectivity index (χ3n) is 7.40. The molecule has 0 aliphatic heterocycles. The van der Waals surface area contributed by atoms with Crippen LogP contribution in [0.4, 0.5) is 5.69 Å². The second-order valence-corrected chi connectivity index (χ2v) is 10.1. The Morgan fingerprint density at radius 1 is 1.21 bits per heavy atom. The largest absolute Gasteiger partial charge is 0.506 e. The van der Waals surface area contributed by atoms with Gasteiger partial charge in [-0.3, -0.25) is 4.79 Å². The molecule has 1 amide bonds. The van der Waals surface area contributed by atoms with Crippen LogP contribution in [0.1, 0.15) is 76.7 Å². The Bertz CT molecular complexity index is 741. The van der Waals surface area contributed by atoms with E-state index in [0.29, 0.717) is 18.0 Å². The number of aromatic hydroxyl groups is 1. The Balaban J connectivity index is 1.36. The highest BCUT2D eigenvalue weighted by Gasteiger charge is 2.51. The summed E-state index contributed by atoms with van der Waals surface area (Å²) in [6, 6.07) is 5.54. The van der Waals surface area contributed by atoms with Gasteiger partial charge in [0.1, 0.15) is 5.75 Å². The number of anilines is 1. The maximum absolute atomic E-state index is 12.7. The molecule has 0 radical (unpaired) electrons. The summed E-state index contributed by atoms with van der Waals surface area (Å²) in [5, 5.41) is 16.3. The van der Waals surface area contributed by atoms with E-state index >= 15 is 0 Å². The highest BCUT2D eigenvalue weighted by atomic mass is 32.1. The van der Waals surface area contributed by atoms with E-state index in [2.05, 4.69) is 24.5 Å². The van der Waals surface area contributed by atoms with Crippen LogP contribution in [0.25, 0.3) is 0 Å². The number of amides is 1. The van der Waals surface area contributed by atoms with E-state index in [0.717, 1.165) is 29.7 Å². The van der Waals surface area contributed by atoms with Gasteiger partial charge in [-0.25, -0.2) is 0 Å². The van der Waals surface area contributed by atoms with E-state index in [1.807, 2.05) is 12.1 Å². The van der Waals surface area contributed by atoms with Crippen molar-refractivity contribution in [3.8, 4) is 5.75 Å². The van der Waals surface area contributed by atoms with E-state index in [9.17, 15) is 9.90 Å². The summed E-state index contributed by atoms with van der Waals surface area (Å²) in [5.74, 6) is 3.07. The summed E-state index contributed by atoms with van der Waals surface area (Å²) in [6.07, 6.45) is 9.39. The Hall–Kier alpha value is -1.62. The smallest absolute Gasteiger partial charge is 0.226 e. The zero-order valence-electron chi connectivity index (χ0n) is 17.0. The van der Waals surface area contributed by atoms with Crippen molar-refractivity contribution >= 4 is 28.9 Å². The first kappa shape index (κ1) is 19.7. The number of phenolic OH excluding ortho intramolecular Hbond substituents is 1. The third kappa shape index (κ3) is 4.05. The van der Waals surface area contributed by atoms with E-state index in [1.54, 1.807) is 6.07 Å². The first-order chi connectivity index (χ1) is 13.4. The van der Waals surface area contributed by atoms with Gasteiger partial charge in [-0.1, -0.05) is 19.9 Å². The minimum Gasteiger partial charge on any atom is -0.506 e. The molecular formula is C23H32N2O2S. The minimum absolute atomic E-state index is 0.0111. The second-order valence-electron chi connectivity index (χ2n) is 9.68. The Labute approximate surface area is 173 Å². The fourth-order valence-corrected chi connectivity index (χ4v) is 6.59. The quantitative estimate of drug-likeness (QED) is 0.462. The van der Waals surface area contributed by atoms with Crippen LogP contribution in [-0.2, 0) is 4.79 Å². The minimum atomic E-state index is 0.0111. The van der Waals surface area contributed by atoms with Crippen LogP contribution in [-0.4, -0.2) is 16.1 Å². The molecule has 0 heterocycles. The van der Waals surface area contributed by atoms with Gasteiger partial charge in [0.05, 0.1) is 5.69 Å². The van der Waals surface area contributed by atoms with Gasteiger partial charge in [0.15, 0.2) is 5.11 Å². The number of benzene rings is 1. The second kappa shape index (κ2) is 7.66. The summed E-state index contributed by atoms with van der Waals surface area (Å²) in [7, 11) is 0. The van der Waals surface area contributed by atoms with E-state index < -0.39 is 0 Å². The van der Waals surface area contributed by atoms with Crippen molar-refractivity contribution in [2.45, 2.75) is 71.1 Å². The molecule has 4 fully saturated rings. The number of nitrogens with one attached hydrogen (secondary N) is 2. The van der Waals surface area contributed by atoms with Crippen LogP contribution in [0, 0.1) is 23.2 Å². The molecule has 0 aromatic heterocycles. The third-order valence-corrected chi connectivity index (χ3v) is 7.61. The highest BCUT2D eigenvalue weighted by Crippen LogP contribution is 2.61. The van der Waals surface area contributed by atoms with Gasteiger partial charge in [-0.2, -0.15) is 0 Å². The first-order valence-electron chi connectivity index (χ1n) is 10.8. The van der Waals surface area contributed by atoms with Crippen LogP contribution >= 0.6 is 12.2 Å². The SMILES string of the molecule is CCC(C)c1ccc(O)c(NC(=S)NC(=O)CC23CC4CC(CC(C4)C2)C3)c1. The number of hydrogen-bond donors (Lipinski definition) is 3. The molecule has 4 aliphatic rings. The molecule has 1 unspecified atom stereocenters. The number of carbonyl (C=O) groups is 1. The molecule has 4 aliphatic carbocycles. The molecule has 4 bridgehead atoms. The zero-order valence-corrected chi connectivity index (χ0v) is 17.8. The summed E-state index contributed by atoms with van der Waals surface area (Å²) in [4.78, 5) is 12.7. The number of hydrogen-bond acceptors (Lipinski definition) is 3. The van der Waals surface area contributed by atoms with Gasteiger partial charge in [-0.05, 0) is 104 Å². The van der Waals surface area contributed by atoms with Crippen LogP contribution in [0.2, 0.25) is 0 Å². The molecule has 4 nitrogen and oxygen atoms in total. The van der Waals surface area contributed by atoms with Crippen molar-refractivity contribution in [2.24, 2.45) is 23.2 Å². The average Bonchev–Trinajstić information content (AvgIpc) is 2.61. The van der Waals surface area contributed by atoms with E-state index in [-0.39, 0.29) is 22.2 Å². The summed E-state index contributed by atoms with van der Waals surface area (Å²) >= 11 is 5.36. The van der Waals surface area contributed by atoms with Gasteiger partial charge < -0.3 is 15.7 Å². The number of rotatable bonds is 5. The molecular weight excluding hydrogens is 368 g/mol. The molecule has 5 heteroatoms. The van der Waals surface area contributed by atoms with Gasteiger partial charge >= 0.3 is 0 Å². The Kier molecular flexibility index (Phi) is 5.38. The van der Waals surface area contributed by atoms with Gasteiger partial charge in [-0.15, -0.1) is 0 Å². The molecule has 28 heavy (non-hydrogen) atoms. The normalized spacial score (nSPS) is 31.4. The van der Waals surface area contributed by atoms with Gasteiger partial charge in [0.25, 0.3) is 0 Å². The van der Waals surface area contributed by atoms with Crippen molar-refractivity contribution in [1.82, 2.24) is 5.32 Å². The lowest BCUT2D eigenvalue weighted by Gasteiger charge is -2.56. The van der Waals surface area contributed by atoms with Crippen molar-refractivity contribution in [2.75, 3.05) is 5.32 Å². The number of thiocarbonyl (C=S) groups is 1. The van der Waals surface area contributed by atoms with Gasteiger partial charge in [0.2, 0.25) is 5.91 Å². The molecule has 0 spiro atoms. The Morgan fingerprint density at radius 2 is 1.82 bits per heavy atom. The topological polar surface area (TPSA) is 61.4 Å². The van der Waals surface area contributed by atoms with Crippen LogP contribution in [0.15, 0.2) is 18.2 Å². The highest BCUT2D eigenvalue weighted by molar-refractivity contribution is 7.80. The molecule has 152 valence electrons. The summed E-state index contributed by atoms with van der Waals surface area (Å²) < 4.78 is 0. The zero-order chi connectivity index (χ0) is 19.9. The summed E-state index contributed by atoms with van der Waals surface area (Å²) in [5.41, 5.74) is 1.90. The molecule has 3 N–H and O–H groups in total. The lowest BCUT2D eigenvalue weighted by atomic mass is 9.49. The average molecular weight is 401 g/mol.